The zero-order valence-electron chi connectivity index (χ0n) is 12.0. The van der Waals surface area contributed by atoms with Gasteiger partial charge in [-0.2, -0.15) is 0 Å². The fourth-order valence-electron chi connectivity index (χ4n) is 2.61. The van der Waals surface area contributed by atoms with E-state index < -0.39 is 0 Å². The highest BCUT2D eigenvalue weighted by Crippen LogP contribution is 2.11. The first-order chi connectivity index (χ1) is 10.2. The van der Waals surface area contributed by atoms with Crippen LogP contribution in [0, 0.1) is 6.92 Å². The largest absolute Gasteiger partial charge is 0.351 e. The molecule has 0 bridgehead atoms. The number of carbonyl (C=O) groups excluding carboxylic acids is 1. The van der Waals surface area contributed by atoms with E-state index in [-0.39, 0.29) is 17.0 Å². The Balaban J connectivity index is 1.70. The first kappa shape index (κ1) is 14.2. The van der Waals surface area contributed by atoms with Crippen molar-refractivity contribution in [3.05, 3.63) is 33.2 Å². The standard InChI is InChI=1S/C14H18N4O2S/c1-10-9-21-14-16-8-11(13(20)18(10)14)12(19)15-4-7-17-5-2-3-6-17/h8-9H,2-7H2,1H3,(H,15,19). The summed E-state index contributed by atoms with van der Waals surface area (Å²) in [5, 5.41) is 4.67. The minimum absolute atomic E-state index is 0.107. The maximum atomic E-state index is 12.3. The van der Waals surface area contributed by atoms with E-state index in [2.05, 4.69) is 15.2 Å². The van der Waals surface area contributed by atoms with E-state index in [1.165, 1.54) is 34.8 Å². The summed E-state index contributed by atoms with van der Waals surface area (Å²) in [5.41, 5.74) is 0.618. The lowest BCUT2D eigenvalue weighted by atomic mass is 10.3. The second kappa shape index (κ2) is 5.95. The predicted molar refractivity (Wildman–Crippen MR) is 82.1 cm³/mol. The van der Waals surface area contributed by atoms with Gasteiger partial charge in [0.25, 0.3) is 11.5 Å². The first-order valence-corrected chi connectivity index (χ1v) is 8.01. The maximum Gasteiger partial charge on any atom is 0.271 e. The zero-order valence-corrected chi connectivity index (χ0v) is 12.8. The van der Waals surface area contributed by atoms with E-state index in [4.69, 9.17) is 0 Å². The van der Waals surface area contributed by atoms with Crippen molar-refractivity contribution in [1.29, 1.82) is 0 Å². The molecule has 0 unspecified atom stereocenters. The summed E-state index contributed by atoms with van der Waals surface area (Å²) in [6.07, 6.45) is 3.83. The van der Waals surface area contributed by atoms with Gasteiger partial charge in [0, 0.05) is 30.4 Å². The average molecular weight is 306 g/mol. The number of rotatable bonds is 4. The van der Waals surface area contributed by atoms with Crippen LogP contribution in [-0.2, 0) is 0 Å². The number of thiazole rings is 1. The molecule has 0 radical (unpaired) electrons. The summed E-state index contributed by atoms with van der Waals surface area (Å²) in [6.45, 7) is 5.42. The maximum absolute atomic E-state index is 12.3. The number of nitrogens with zero attached hydrogens (tertiary/aromatic N) is 3. The van der Waals surface area contributed by atoms with Crippen LogP contribution in [0.3, 0.4) is 0 Å². The first-order valence-electron chi connectivity index (χ1n) is 7.13. The number of hydrogen-bond donors (Lipinski definition) is 1. The van der Waals surface area contributed by atoms with Crippen LogP contribution in [0.15, 0.2) is 16.4 Å². The number of amides is 1. The molecule has 112 valence electrons. The molecule has 1 fully saturated rings. The van der Waals surface area contributed by atoms with Gasteiger partial charge in [0.1, 0.15) is 5.56 Å². The summed E-state index contributed by atoms with van der Waals surface area (Å²) in [7, 11) is 0. The molecule has 0 spiro atoms. The molecule has 0 atom stereocenters. The van der Waals surface area contributed by atoms with Crippen molar-refractivity contribution < 1.29 is 4.79 Å². The third-order valence-corrected chi connectivity index (χ3v) is 4.73. The molecule has 1 N–H and O–H groups in total. The molecule has 1 amide bonds. The number of aryl methyl sites for hydroxylation is 1. The van der Waals surface area contributed by atoms with Crippen LogP contribution in [0.1, 0.15) is 28.9 Å². The molecule has 0 aliphatic carbocycles. The van der Waals surface area contributed by atoms with Gasteiger partial charge in [0.05, 0.1) is 0 Å². The van der Waals surface area contributed by atoms with Crippen LogP contribution in [0.2, 0.25) is 0 Å². The van der Waals surface area contributed by atoms with E-state index >= 15 is 0 Å². The number of fused-ring (bicyclic) bond motifs is 1. The minimum atomic E-state index is -0.341. The quantitative estimate of drug-likeness (QED) is 0.911. The number of likely N-dealkylation sites (tertiary alicyclic amines) is 1. The molecule has 3 heterocycles. The lowest BCUT2D eigenvalue weighted by molar-refractivity contribution is 0.0947. The molecule has 7 heteroatoms. The third-order valence-electron chi connectivity index (χ3n) is 3.77. The molecule has 21 heavy (non-hydrogen) atoms. The molecular formula is C14H18N4O2S. The zero-order chi connectivity index (χ0) is 14.8. The van der Waals surface area contributed by atoms with Gasteiger partial charge >= 0.3 is 0 Å². The van der Waals surface area contributed by atoms with E-state index in [0.717, 1.165) is 25.3 Å². The molecule has 1 aliphatic heterocycles. The van der Waals surface area contributed by atoms with Gasteiger partial charge in [-0.05, 0) is 32.9 Å². The Hall–Kier alpha value is -1.73. The van der Waals surface area contributed by atoms with Crippen LogP contribution >= 0.6 is 11.3 Å². The molecule has 3 rings (SSSR count). The van der Waals surface area contributed by atoms with Crippen LogP contribution < -0.4 is 10.9 Å². The van der Waals surface area contributed by atoms with Crippen LogP contribution in [0.25, 0.3) is 4.96 Å². The van der Waals surface area contributed by atoms with Crippen molar-refractivity contribution >= 4 is 22.2 Å². The summed E-state index contributed by atoms with van der Waals surface area (Å²) in [4.78, 5) is 31.6. The summed E-state index contributed by atoms with van der Waals surface area (Å²) in [6, 6.07) is 0. The van der Waals surface area contributed by atoms with Crippen molar-refractivity contribution in [3.8, 4) is 0 Å². The van der Waals surface area contributed by atoms with Gasteiger partial charge in [0.2, 0.25) is 0 Å². The van der Waals surface area contributed by atoms with E-state index in [9.17, 15) is 9.59 Å². The second-order valence-electron chi connectivity index (χ2n) is 5.28. The fraction of sp³-hybridized carbons (Fsp3) is 0.500. The Kier molecular flexibility index (Phi) is 4.03. The second-order valence-corrected chi connectivity index (χ2v) is 6.11. The Morgan fingerprint density at radius 3 is 2.95 bits per heavy atom. The molecule has 1 saturated heterocycles. The van der Waals surface area contributed by atoms with Crippen molar-refractivity contribution in [2.75, 3.05) is 26.2 Å². The highest BCUT2D eigenvalue weighted by molar-refractivity contribution is 7.15. The van der Waals surface area contributed by atoms with Crippen LogP contribution in [0.4, 0.5) is 0 Å². The van der Waals surface area contributed by atoms with Gasteiger partial charge in [-0.15, -0.1) is 11.3 Å². The Morgan fingerprint density at radius 1 is 1.43 bits per heavy atom. The molecule has 6 nitrogen and oxygen atoms in total. The van der Waals surface area contributed by atoms with Gasteiger partial charge < -0.3 is 10.2 Å². The number of hydrogen-bond acceptors (Lipinski definition) is 5. The van der Waals surface area contributed by atoms with E-state index in [1.807, 2.05) is 12.3 Å². The van der Waals surface area contributed by atoms with Crippen LogP contribution in [0.5, 0.6) is 0 Å². The topological polar surface area (TPSA) is 66.7 Å². The Morgan fingerprint density at radius 2 is 2.19 bits per heavy atom. The Bertz CT molecular complexity index is 715. The SMILES string of the molecule is Cc1csc2ncc(C(=O)NCCN3CCCC3)c(=O)n12. The number of nitrogens with one attached hydrogen (secondary N) is 1. The smallest absolute Gasteiger partial charge is 0.271 e. The average Bonchev–Trinajstić information content (AvgIpc) is 3.09. The lowest BCUT2D eigenvalue weighted by Gasteiger charge is -2.14. The Labute approximate surface area is 126 Å². The highest BCUT2D eigenvalue weighted by atomic mass is 32.1. The van der Waals surface area contributed by atoms with Crippen molar-refractivity contribution in [2.24, 2.45) is 0 Å². The summed E-state index contributed by atoms with van der Waals surface area (Å²) in [5.74, 6) is -0.341. The molecule has 2 aromatic heterocycles. The normalized spacial score (nSPS) is 15.7. The minimum Gasteiger partial charge on any atom is -0.351 e. The van der Waals surface area contributed by atoms with Crippen molar-refractivity contribution in [3.63, 3.8) is 0 Å². The van der Waals surface area contributed by atoms with Gasteiger partial charge in [-0.3, -0.25) is 14.0 Å². The lowest BCUT2D eigenvalue weighted by Crippen LogP contribution is -2.36. The highest BCUT2D eigenvalue weighted by Gasteiger charge is 2.16. The third kappa shape index (κ3) is 2.84. The number of aromatic nitrogens is 2. The van der Waals surface area contributed by atoms with Gasteiger partial charge in [-0.1, -0.05) is 0 Å². The molecule has 2 aromatic rings. The van der Waals surface area contributed by atoms with E-state index in [1.54, 1.807) is 0 Å². The van der Waals surface area contributed by atoms with Crippen molar-refractivity contribution in [1.82, 2.24) is 19.6 Å². The summed E-state index contributed by atoms with van der Waals surface area (Å²) >= 11 is 1.40. The fourth-order valence-corrected chi connectivity index (χ4v) is 3.44. The molecular weight excluding hydrogens is 288 g/mol. The number of carbonyl (C=O) groups is 1. The molecule has 0 aromatic carbocycles. The predicted octanol–water partition coefficient (Wildman–Crippen LogP) is 0.890. The molecule has 1 aliphatic rings. The van der Waals surface area contributed by atoms with Gasteiger partial charge in [-0.25, -0.2) is 4.98 Å². The van der Waals surface area contributed by atoms with Crippen LogP contribution in [-0.4, -0.2) is 46.4 Å². The molecule has 0 saturated carbocycles. The monoisotopic (exact) mass is 306 g/mol. The van der Waals surface area contributed by atoms with Gasteiger partial charge in [0.15, 0.2) is 4.96 Å². The van der Waals surface area contributed by atoms with Crippen molar-refractivity contribution in [2.45, 2.75) is 19.8 Å². The summed E-state index contributed by atoms with van der Waals surface area (Å²) < 4.78 is 1.49. The van der Waals surface area contributed by atoms with E-state index in [0.29, 0.717) is 11.5 Å².